The molecule has 0 radical (unpaired) electrons. The summed E-state index contributed by atoms with van der Waals surface area (Å²) in [5.41, 5.74) is 2.75. The Kier molecular flexibility index (Phi) is 7.66. The van der Waals surface area contributed by atoms with Crippen LogP contribution in [0.2, 0.25) is 0 Å². The number of morpholine rings is 1. The van der Waals surface area contributed by atoms with Gasteiger partial charge in [0, 0.05) is 49.5 Å². The smallest absolute Gasteiger partial charge is 0.254 e. The lowest BCUT2D eigenvalue weighted by molar-refractivity contribution is -0.166. The molecule has 1 N–H and O–H groups in total. The average molecular weight is 561 g/mol. The number of nitrogens with zero attached hydrogens (tertiary/aromatic N) is 3. The lowest BCUT2D eigenvalue weighted by Crippen LogP contribution is -2.67. The van der Waals surface area contributed by atoms with Gasteiger partial charge in [-0.05, 0) is 49.1 Å². The maximum absolute atomic E-state index is 14.3. The molecule has 9 nitrogen and oxygen atoms in total. The lowest BCUT2D eigenvalue weighted by atomic mass is 9.76. The van der Waals surface area contributed by atoms with Crippen molar-refractivity contribution >= 4 is 22.7 Å². The molecular weight excluding hydrogens is 520 g/mol. The van der Waals surface area contributed by atoms with Crippen LogP contribution in [-0.2, 0) is 19.9 Å². The number of ether oxygens (including phenoxy) is 3. The summed E-state index contributed by atoms with van der Waals surface area (Å²) in [6.45, 7) is 9.87. The molecule has 6 rings (SSSR count). The molecule has 1 aromatic heterocycles. The van der Waals surface area contributed by atoms with E-state index in [-0.39, 0.29) is 24.3 Å². The van der Waals surface area contributed by atoms with Crippen molar-refractivity contribution < 1.29 is 23.8 Å². The number of nitrogens with one attached hydrogen (secondary N) is 1. The van der Waals surface area contributed by atoms with Crippen LogP contribution in [0.1, 0.15) is 49.4 Å². The Morgan fingerprint density at radius 1 is 1.07 bits per heavy atom. The maximum atomic E-state index is 14.3. The topological polar surface area (TPSA) is 87.3 Å². The van der Waals surface area contributed by atoms with Crippen LogP contribution in [0, 0.1) is 0 Å². The van der Waals surface area contributed by atoms with Crippen molar-refractivity contribution in [3.05, 3.63) is 59.3 Å². The standard InChI is InChI=1S/C32H40N4O5/c1-4-16-41-26-11-10-22(19-27(26)39-3)24-20-36-28(37)21-35(13-7-12-34-14-17-40-18-15-34)31(38)32(36,2)30-29(24)23-8-5-6-9-25(23)33-30/h5-6,8-11,19,24,33H,4,7,12-18,20-21H2,1-3H3/t24-,32+/m1/s1. The van der Waals surface area contributed by atoms with Crippen LogP contribution in [0.4, 0.5) is 0 Å². The number of hydrogen-bond acceptors (Lipinski definition) is 6. The second kappa shape index (κ2) is 11.4. The first-order valence-corrected chi connectivity index (χ1v) is 14.8. The molecule has 4 heterocycles. The van der Waals surface area contributed by atoms with Crippen molar-refractivity contribution in [1.29, 1.82) is 0 Å². The third kappa shape index (κ3) is 4.85. The number of piperazine rings is 1. The van der Waals surface area contributed by atoms with Gasteiger partial charge in [-0.1, -0.05) is 31.2 Å². The fraction of sp³-hybridized carbons (Fsp3) is 0.500. The van der Waals surface area contributed by atoms with Crippen LogP contribution in [0.15, 0.2) is 42.5 Å². The van der Waals surface area contributed by atoms with Gasteiger partial charge in [-0.3, -0.25) is 14.5 Å². The molecule has 0 unspecified atom stereocenters. The zero-order valence-corrected chi connectivity index (χ0v) is 24.3. The second-order valence-electron chi connectivity index (χ2n) is 11.4. The van der Waals surface area contributed by atoms with Gasteiger partial charge in [0.15, 0.2) is 17.0 Å². The molecule has 2 saturated heterocycles. The van der Waals surface area contributed by atoms with Crippen LogP contribution >= 0.6 is 0 Å². The van der Waals surface area contributed by atoms with Crippen molar-refractivity contribution in [2.24, 2.45) is 0 Å². The van der Waals surface area contributed by atoms with Crippen LogP contribution < -0.4 is 9.47 Å². The molecule has 2 aromatic carbocycles. The Bertz CT molecular complexity index is 1430. The third-order valence-electron chi connectivity index (χ3n) is 8.88. The Hall–Kier alpha value is -3.56. The predicted molar refractivity (Wildman–Crippen MR) is 156 cm³/mol. The van der Waals surface area contributed by atoms with E-state index in [1.807, 2.05) is 37.3 Å². The number of carbonyl (C=O) groups is 2. The summed E-state index contributed by atoms with van der Waals surface area (Å²) in [4.78, 5) is 37.6. The summed E-state index contributed by atoms with van der Waals surface area (Å²) in [6, 6.07) is 14.2. The number of fused-ring (bicyclic) bond motifs is 5. The van der Waals surface area contributed by atoms with Gasteiger partial charge < -0.3 is 29.0 Å². The summed E-state index contributed by atoms with van der Waals surface area (Å²) in [5.74, 6) is 1.19. The van der Waals surface area contributed by atoms with Gasteiger partial charge >= 0.3 is 0 Å². The monoisotopic (exact) mass is 560 g/mol. The number of H-pyrrole nitrogens is 1. The molecule has 218 valence electrons. The van der Waals surface area contributed by atoms with Crippen molar-refractivity contribution in [2.75, 3.05) is 66.2 Å². The molecule has 41 heavy (non-hydrogen) atoms. The summed E-state index contributed by atoms with van der Waals surface area (Å²) in [5, 5.41) is 1.07. The Morgan fingerprint density at radius 3 is 2.66 bits per heavy atom. The third-order valence-corrected chi connectivity index (χ3v) is 8.88. The Labute approximate surface area is 241 Å². The molecule has 3 aromatic rings. The van der Waals surface area contributed by atoms with E-state index in [2.05, 4.69) is 28.9 Å². The number of aromatic amines is 1. The first-order valence-electron chi connectivity index (χ1n) is 14.8. The summed E-state index contributed by atoms with van der Waals surface area (Å²) in [6.07, 6.45) is 1.73. The SMILES string of the molecule is CCCOc1ccc([C@H]2CN3C(=O)CN(CCCN4CCOCC4)C(=O)[C@]3(C)c3[nH]c4ccccc4c32)cc1OC. The maximum Gasteiger partial charge on any atom is 0.254 e. The highest BCUT2D eigenvalue weighted by atomic mass is 16.5. The zero-order valence-electron chi connectivity index (χ0n) is 24.3. The van der Waals surface area contributed by atoms with Gasteiger partial charge in [0.1, 0.15) is 0 Å². The van der Waals surface area contributed by atoms with E-state index >= 15 is 0 Å². The zero-order chi connectivity index (χ0) is 28.6. The Morgan fingerprint density at radius 2 is 1.88 bits per heavy atom. The number of amides is 2. The van der Waals surface area contributed by atoms with Crippen LogP contribution in [0.25, 0.3) is 10.9 Å². The number of carbonyl (C=O) groups excluding carboxylic acids is 2. The quantitative estimate of drug-likeness (QED) is 0.429. The lowest BCUT2D eigenvalue weighted by Gasteiger charge is -2.51. The largest absolute Gasteiger partial charge is 0.493 e. The summed E-state index contributed by atoms with van der Waals surface area (Å²) >= 11 is 0. The minimum Gasteiger partial charge on any atom is -0.493 e. The Balaban J connectivity index is 1.36. The molecule has 3 aliphatic rings. The van der Waals surface area contributed by atoms with E-state index in [0.29, 0.717) is 31.2 Å². The highest BCUT2D eigenvalue weighted by molar-refractivity contribution is 6.01. The minimum absolute atomic E-state index is 0.0220. The van der Waals surface area contributed by atoms with Gasteiger partial charge in [0.05, 0.1) is 39.2 Å². The van der Waals surface area contributed by atoms with Gasteiger partial charge in [0.2, 0.25) is 5.91 Å². The molecule has 0 aliphatic carbocycles. The summed E-state index contributed by atoms with van der Waals surface area (Å²) < 4.78 is 17.1. The molecule has 2 atom stereocenters. The molecular formula is C32H40N4O5. The van der Waals surface area contributed by atoms with E-state index in [1.54, 1.807) is 16.9 Å². The fourth-order valence-corrected chi connectivity index (χ4v) is 6.70. The second-order valence-corrected chi connectivity index (χ2v) is 11.4. The summed E-state index contributed by atoms with van der Waals surface area (Å²) in [7, 11) is 1.65. The van der Waals surface area contributed by atoms with Gasteiger partial charge in [-0.2, -0.15) is 0 Å². The van der Waals surface area contributed by atoms with E-state index in [9.17, 15) is 9.59 Å². The van der Waals surface area contributed by atoms with Gasteiger partial charge in [-0.15, -0.1) is 0 Å². The minimum atomic E-state index is -1.10. The first kappa shape index (κ1) is 27.6. The molecule has 9 heteroatoms. The number of rotatable bonds is 9. The van der Waals surface area contributed by atoms with Gasteiger partial charge in [-0.25, -0.2) is 0 Å². The molecule has 2 amide bonds. The molecule has 0 spiro atoms. The fourth-order valence-electron chi connectivity index (χ4n) is 6.70. The van der Waals surface area contributed by atoms with E-state index < -0.39 is 5.54 Å². The predicted octanol–water partition coefficient (Wildman–Crippen LogP) is 3.72. The number of para-hydroxylation sites is 1. The van der Waals surface area contributed by atoms with Crippen molar-refractivity contribution in [3.8, 4) is 11.5 Å². The number of benzene rings is 2. The van der Waals surface area contributed by atoms with Crippen molar-refractivity contribution in [1.82, 2.24) is 19.7 Å². The molecule has 2 fully saturated rings. The number of methoxy groups -OCH3 is 1. The van der Waals surface area contributed by atoms with E-state index in [4.69, 9.17) is 14.2 Å². The van der Waals surface area contributed by atoms with Crippen LogP contribution in [0.5, 0.6) is 11.5 Å². The molecule has 3 aliphatic heterocycles. The van der Waals surface area contributed by atoms with Gasteiger partial charge in [0.25, 0.3) is 5.91 Å². The average Bonchev–Trinajstić information content (AvgIpc) is 3.40. The highest BCUT2D eigenvalue weighted by Crippen LogP contribution is 2.49. The number of hydrogen-bond donors (Lipinski definition) is 1. The number of aromatic nitrogens is 1. The van der Waals surface area contributed by atoms with E-state index in [1.165, 1.54) is 0 Å². The molecule has 0 saturated carbocycles. The van der Waals surface area contributed by atoms with Crippen LogP contribution in [-0.4, -0.2) is 97.7 Å². The van der Waals surface area contributed by atoms with E-state index in [0.717, 1.165) is 73.4 Å². The van der Waals surface area contributed by atoms with Crippen molar-refractivity contribution in [3.63, 3.8) is 0 Å². The highest BCUT2D eigenvalue weighted by Gasteiger charge is 2.56. The first-order chi connectivity index (χ1) is 20.0. The normalized spacial score (nSPS) is 23.0. The van der Waals surface area contributed by atoms with Crippen LogP contribution in [0.3, 0.4) is 0 Å². The van der Waals surface area contributed by atoms with Crippen molar-refractivity contribution in [2.45, 2.75) is 38.1 Å². The molecule has 0 bridgehead atoms.